The van der Waals surface area contributed by atoms with E-state index in [4.69, 9.17) is 0 Å². The summed E-state index contributed by atoms with van der Waals surface area (Å²) in [5, 5.41) is 0. The minimum atomic E-state index is -0.346. The monoisotopic (exact) mass is 326 g/mol. The van der Waals surface area contributed by atoms with E-state index in [2.05, 4.69) is 0 Å². The fourth-order valence-electron chi connectivity index (χ4n) is 4.54. The molecule has 2 fully saturated rings. The second-order valence-electron chi connectivity index (χ2n) is 7.08. The summed E-state index contributed by atoms with van der Waals surface area (Å²) in [4.78, 5) is 40.8. The number of carbonyl (C=O) groups is 3. The Bertz CT molecular complexity index is 663. The van der Waals surface area contributed by atoms with E-state index in [-0.39, 0.29) is 24.3 Å². The molecule has 0 radical (unpaired) electrons. The SMILES string of the molecule is O=C1c2ccccc2C(=O)N1CC(=O)N1CCC[C@H]2CCCC[C@@H]21. The highest BCUT2D eigenvalue weighted by Crippen LogP contribution is 2.35. The van der Waals surface area contributed by atoms with Crippen molar-refractivity contribution in [3.8, 4) is 0 Å². The number of piperidine rings is 1. The van der Waals surface area contributed by atoms with Crippen molar-refractivity contribution >= 4 is 17.7 Å². The van der Waals surface area contributed by atoms with Crippen LogP contribution in [0.15, 0.2) is 24.3 Å². The van der Waals surface area contributed by atoms with E-state index in [0.29, 0.717) is 23.1 Å². The molecule has 126 valence electrons. The molecule has 0 spiro atoms. The molecule has 4 rings (SSSR count). The smallest absolute Gasteiger partial charge is 0.262 e. The molecule has 5 nitrogen and oxygen atoms in total. The summed E-state index contributed by atoms with van der Waals surface area (Å²) >= 11 is 0. The van der Waals surface area contributed by atoms with E-state index in [1.165, 1.54) is 19.3 Å². The Morgan fingerprint density at radius 2 is 1.58 bits per heavy atom. The lowest BCUT2D eigenvalue weighted by atomic mass is 9.78. The molecule has 1 saturated heterocycles. The van der Waals surface area contributed by atoms with Crippen molar-refractivity contribution in [2.45, 2.75) is 44.6 Å². The molecule has 1 saturated carbocycles. The topological polar surface area (TPSA) is 57.7 Å². The summed E-state index contributed by atoms with van der Waals surface area (Å²) in [7, 11) is 0. The average molecular weight is 326 g/mol. The van der Waals surface area contributed by atoms with Crippen LogP contribution in [0.2, 0.25) is 0 Å². The molecule has 24 heavy (non-hydrogen) atoms. The summed E-state index contributed by atoms with van der Waals surface area (Å²) in [6.07, 6.45) is 6.88. The highest BCUT2D eigenvalue weighted by Gasteiger charge is 2.40. The summed E-state index contributed by atoms with van der Waals surface area (Å²) in [5.74, 6) is -0.179. The van der Waals surface area contributed by atoms with Crippen LogP contribution in [-0.2, 0) is 4.79 Å². The molecule has 1 aromatic carbocycles. The van der Waals surface area contributed by atoms with Crippen LogP contribution < -0.4 is 0 Å². The second-order valence-corrected chi connectivity index (χ2v) is 7.08. The minimum Gasteiger partial charge on any atom is -0.338 e. The fourth-order valence-corrected chi connectivity index (χ4v) is 4.54. The number of fused-ring (bicyclic) bond motifs is 2. The van der Waals surface area contributed by atoms with E-state index in [1.54, 1.807) is 24.3 Å². The maximum absolute atomic E-state index is 12.8. The molecule has 2 heterocycles. The number of likely N-dealkylation sites (tertiary alicyclic amines) is 1. The molecule has 5 heteroatoms. The normalized spacial score (nSPS) is 26.3. The minimum absolute atomic E-state index is 0.0823. The van der Waals surface area contributed by atoms with Gasteiger partial charge in [-0.1, -0.05) is 25.0 Å². The first-order valence-electron chi connectivity index (χ1n) is 8.91. The van der Waals surface area contributed by atoms with Crippen LogP contribution in [0.3, 0.4) is 0 Å². The summed E-state index contributed by atoms with van der Waals surface area (Å²) in [5.41, 5.74) is 0.814. The zero-order chi connectivity index (χ0) is 16.7. The molecule has 1 aromatic rings. The van der Waals surface area contributed by atoms with Gasteiger partial charge in [-0.2, -0.15) is 0 Å². The fraction of sp³-hybridized carbons (Fsp3) is 0.526. The third-order valence-electron chi connectivity index (χ3n) is 5.74. The van der Waals surface area contributed by atoms with Gasteiger partial charge in [-0.05, 0) is 43.7 Å². The molecular weight excluding hydrogens is 304 g/mol. The van der Waals surface area contributed by atoms with Crippen LogP contribution in [0.5, 0.6) is 0 Å². The molecule has 2 aliphatic heterocycles. The van der Waals surface area contributed by atoms with Crippen LogP contribution in [0.4, 0.5) is 0 Å². The van der Waals surface area contributed by atoms with E-state index >= 15 is 0 Å². The number of benzene rings is 1. The first-order chi connectivity index (χ1) is 11.7. The Labute approximate surface area is 141 Å². The van der Waals surface area contributed by atoms with Crippen molar-refractivity contribution in [3.05, 3.63) is 35.4 Å². The van der Waals surface area contributed by atoms with E-state index in [0.717, 1.165) is 30.7 Å². The lowest BCUT2D eigenvalue weighted by Crippen LogP contribution is -2.53. The molecule has 2 atom stereocenters. The van der Waals surface area contributed by atoms with Crippen molar-refractivity contribution in [2.24, 2.45) is 5.92 Å². The zero-order valence-electron chi connectivity index (χ0n) is 13.7. The maximum Gasteiger partial charge on any atom is 0.262 e. The molecule has 0 aromatic heterocycles. The van der Waals surface area contributed by atoms with Crippen LogP contribution in [-0.4, -0.2) is 46.7 Å². The first kappa shape index (κ1) is 15.4. The number of carbonyl (C=O) groups excluding carboxylic acids is 3. The Hall–Kier alpha value is -2.17. The van der Waals surface area contributed by atoms with Gasteiger partial charge in [-0.3, -0.25) is 19.3 Å². The van der Waals surface area contributed by atoms with E-state index in [1.807, 2.05) is 4.90 Å². The van der Waals surface area contributed by atoms with Gasteiger partial charge in [-0.15, -0.1) is 0 Å². The Balaban J connectivity index is 1.50. The summed E-state index contributed by atoms with van der Waals surface area (Å²) in [6, 6.07) is 7.09. The third kappa shape index (κ3) is 2.43. The van der Waals surface area contributed by atoms with Crippen molar-refractivity contribution < 1.29 is 14.4 Å². The van der Waals surface area contributed by atoms with Crippen LogP contribution in [0, 0.1) is 5.92 Å². The lowest BCUT2D eigenvalue weighted by Gasteiger charge is -2.44. The van der Waals surface area contributed by atoms with Gasteiger partial charge in [0, 0.05) is 12.6 Å². The van der Waals surface area contributed by atoms with Gasteiger partial charge in [-0.25, -0.2) is 0 Å². The number of amides is 3. The van der Waals surface area contributed by atoms with Crippen LogP contribution >= 0.6 is 0 Å². The van der Waals surface area contributed by atoms with Gasteiger partial charge in [0.1, 0.15) is 6.54 Å². The molecule has 3 aliphatic rings. The first-order valence-corrected chi connectivity index (χ1v) is 8.91. The van der Waals surface area contributed by atoms with Crippen molar-refractivity contribution in [1.29, 1.82) is 0 Å². The highest BCUT2D eigenvalue weighted by atomic mass is 16.2. The number of nitrogens with zero attached hydrogens (tertiary/aromatic N) is 2. The summed E-state index contributed by atoms with van der Waals surface area (Å²) < 4.78 is 0. The molecule has 3 amide bonds. The van der Waals surface area contributed by atoms with E-state index in [9.17, 15) is 14.4 Å². The predicted molar refractivity (Wildman–Crippen MR) is 88.5 cm³/mol. The van der Waals surface area contributed by atoms with Gasteiger partial charge in [0.15, 0.2) is 0 Å². The quantitative estimate of drug-likeness (QED) is 0.785. The van der Waals surface area contributed by atoms with Crippen LogP contribution in [0.25, 0.3) is 0 Å². The van der Waals surface area contributed by atoms with Gasteiger partial charge >= 0.3 is 0 Å². The average Bonchev–Trinajstić information content (AvgIpc) is 2.86. The molecule has 0 bridgehead atoms. The Kier molecular flexibility index (Phi) is 3.87. The molecule has 1 aliphatic carbocycles. The van der Waals surface area contributed by atoms with Gasteiger partial charge in [0.25, 0.3) is 11.8 Å². The third-order valence-corrected chi connectivity index (χ3v) is 5.74. The van der Waals surface area contributed by atoms with Gasteiger partial charge in [0.05, 0.1) is 11.1 Å². The van der Waals surface area contributed by atoms with Gasteiger partial charge < -0.3 is 4.90 Å². The zero-order valence-corrected chi connectivity index (χ0v) is 13.7. The Morgan fingerprint density at radius 1 is 0.958 bits per heavy atom. The van der Waals surface area contributed by atoms with Crippen molar-refractivity contribution in [2.75, 3.05) is 13.1 Å². The van der Waals surface area contributed by atoms with E-state index < -0.39 is 0 Å². The number of rotatable bonds is 2. The van der Waals surface area contributed by atoms with Gasteiger partial charge in [0.2, 0.25) is 5.91 Å². The maximum atomic E-state index is 12.8. The standard InChI is InChI=1S/C19H22N2O3/c22-17(20-11-5-7-13-6-1-4-10-16(13)20)12-21-18(23)14-8-2-3-9-15(14)19(21)24/h2-3,8-9,13,16H,1,4-7,10-12H2/t13-,16+/m1/s1. The molecular formula is C19H22N2O3. The molecule has 0 unspecified atom stereocenters. The van der Waals surface area contributed by atoms with Crippen molar-refractivity contribution in [1.82, 2.24) is 9.80 Å². The molecule has 0 N–H and O–H groups in total. The lowest BCUT2D eigenvalue weighted by molar-refractivity contribution is -0.137. The number of imide groups is 1. The highest BCUT2D eigenvalue weighted by molar-refractivity contribution is 6.22. The summed E-state index contributed by atoms with van der Waals surface area (Å²) in [6.45, 7) is 0.624. The predicted octanol–water partition coefficient (Wildman–Crippen LogP) is 2.46. The number of hydrogen-bond acceptors (Lipinski definition) is 3. The Morgan fingerprint density at radius 3 is 2.29 bits per heavy atom. The number of hydrogen-bond donors (Lipinski definition) is 0. The second kappa shape index (κ2) is 6.04. The van der Waals surface area contributed by atoms with Crippen LogP contribution in [0.1, 0.15) is 59.2 Å². The largest absolute Gasteiger partial charge is 0.338 e. The van der Waals surface area contributed by atoms with Crippen molar-refractivity contribution in [3.63, 3.8) is 0 Å².